The molecule has 0 radical (unpaired) electrons. The van der Waals surface area contributed by atoms with E-state index in [1.54, 1.807) is 12.1 Å². The van der Waals surface area contributed by atoms with Gasteiger partial charge in [0.15, 0.2) is 0 Å². The molecule has 3 aromatic rings. The fourth-order valence-electron chi connectivity index (χ4n) is 2.26. The van der Waals surface area contributed by atoms with Gasteiger partial charge in [0.1, 0.15) is 17.4 Å². The Bertz CT molecular complexity index is 874. The Kier molecular flexibility index (Phi) is 3.88. The molecule has 2 aromatic carbocycles. The van der Waals surface area contributed by atoms with E-state index >= 15 is 0 Å². The predicted molar refractivity (Wildman–Crippen MR) is 80.1 cm³/mol. The normalized spacial score (nSPS) is 11.5. The van der Waals surface area contributed by atoms with E-state index < -0.39 is 12.2 Å². The second-order valence-corrected chi connectivity index (χ2v) is 4.92. The van der Waals surface area contributed by atoms with E-state index in [0.717, 1.165) is 0 Å². The zero-order chi connectivity index (χ0) is 17.3. The minimum atomic E-state index is -4.79. The molecular formula is C16H11F4N3O. The molecule has 0 amide bonds. The summed E-state index contributed by atoms with van der Waals surface area (Å²) in [5.74, 6) is -0.691. The van der Waals surface area contributed by atoms with Crippen LogP contribution < -0.4 is 10.5 Å². The number of hydrogen-bond donors (Lipinski definition) is 1. The van der Waals surface area contributed by atoms with Crippen LogP contribution >= 0.6 is 0 Å². The Labute approximate surface area is 134 Å². The highest BCUT2D eigenvalue weighted by Gasteiger charge is 2.31. The summed E-state index contributed by atoms with van der Waals surface area (Å²) in [7, 11) is 0. The van der Waals surface area contributed by atoms with Gasteiger partial charge in [-0.05, 0) is 30.3 Å². The maximum Gasteiger partial charge on any atom is 0.573 e. The van der Waals surface area contributed by atoms with Gasteiger partial charge >= 0.3 is 6.36 Å². The first-order chi connectivity index (χ1) is 11.3. The Hall–Kier alpha value is -3.03. The van der Waals surface area contributed by atoms with Crippen LogP contribution in [0.5, 0.6) is 5.75 Å². The summed E-state index contributed by atoms with van der Waals surface area (Å²) in [5.41, 5.74) is 6.89. The molecule has 2 N–H and O–H groups in total. The van der Waals surface area contributed by atoms with Gasteiger partial charge in [0.25, 0.3) is 0 Å². The van der Waals surface area contributed by atoms with Crippen molar-refractivity contribution in [3.8, 4) is 22.7 Å². The molecule has 0 spiro atoms. The highest BCUT2D eigenvalue weighted by molar-refractivity contribution is 5.66. The van der Waals surface area contributed by atoms with Crippen LogP contribution in [-0.4, -0.2) is 16.1 Å². The molecule has 0 bridgehead atoms. The van der Waals surface area contributed by atoms with Gasteiger partial charge in [-0.3, -0.25) is 0 Å². The van der Waals surface area contributed by atoms with E-state index in [1.165, 1.54) is 47.1 Å². The summed E-state index contributed by atoms with van der Waals surface area (Å²) in [4.78, 5) is 0. The molecule has 0 atom stereocenters. The first-order valence-electron chi connectivity index (χ1n) is 6.79. The molecule has 0 saturated heterocycles. The molecule has 0 aliphatic rings. The zero-order valence-corrected chi connectivity index (χ0v) is 12.1. The van der Waals surface area contributed by atoms with Crippen molar-refractivity contribution in [2.45, 2.75) is 6.36 Å². The third-order valence-corrected chi connectivity index (χ3v) is 3.14. The molecule has 0 fully saturated rings. The highest BCUT2D eigenvalue weighted by Crippen LogP contribution is 2.30. The van der Waals surface area contributed by atoms with Gasteiger partial charge < -0.3 is 10.5 Å². The fraction of sp³-hybridized carbons (Fsp3) is 0.0625. The van der Waals surface area contributed by atoms with E-state index in [4.69, 9.17) is 5.73 Å². The van der Waals surface area contributed by atoms with Crippen LogP contribution in [0, 0.1) is 5.82 Å². The van der Waals surface area contributed by atoms with E-state index in [2.05, 4.69) is 9.84 Å². The number of ether oxygens (including phenoxy) is 1. The minimum absolute atomic E-state index is 0.149. The quantitative estimate of drug-likeness (QED) is 0.730. The van der Waals surface area contributed by atoms with Gasteiger partial charge in [-0.1, -0.05) is 18.2 Å². The number of nitrogens with zero attached hydrogens (tertiary/aromatic N) is 2. The van der Waals surface area contributed by atoms with E-state index in [9.17, 15) is 17.6 Å². The summed E-state index contributed by atoms with van der Waals surface area (Å²) >= 11 is 0. The fourth-order valence-corrected chi connectivity index (χ4v) is 2.26. The van der Waals surface area contributed by atoms with Crippen molar-refractivity contribution in [1.82, 2.24) is 9.78 Å². The molecule has 0 saturated carbocycles. The first-order valence-corrected chi connectivity index (χ1v) is 6.79. The number of hydrogen-bond acceptors (Lipinski definition) is 3. The zero-order valence-electron chi connectivity index (χ0n) is 12.1. The maximum absolute atomic E-state index is 13.4. The number of anilines is 1. The average Bonchev–Trinajstić information content (AvgIpc) is 2.88. The Balaban J connectivity index is 2.06. The van der Waals surface area contributed by atoms with E-state index in [0.29, 0.717) is 16.9 Å². The van der Waals surface area contributed by atoms with Gasteiger partial charge in [-0.2, -0.15) is 5.10 Å². The van der Waals surface area contributed by atoms with Crippen molar-refractivity contribution in [3.63, 3.8) is 0 Å². The number of benzene rings is 2. The third kappa shape index (κ3) is 3.48. The number of halogens is 4. The first kappa shape index (κ1) is 15.9. The lowest BCUT2D eigenvalue weighted by Gasteiger charge is -2.11. The molecule has 1 aromatic heterocycles. The summed E-state index contributed by atoms with van der Waals surface area (Å²) in [5, 5.41) is 4.07. The van der Waals surface area contributed by atoms with Gasteiger partial charge in [0.2, 0.25) is 0 Å². The van der Waals surface area contributed by atoms with Gasteiger partial charge in [-0.15, -0.1) is 13.2 Å². The number of alkyl halides is 3. The molecule has 124 valence electrons. The summed E-state index contributed by atoms with van der Waals surface area (Å²) < 4.78 is 55.8. The van der Waals surface area contributed by atoms with Crippen molar-refractivity contribution < 1.29 is 22.3 Å². The Morgan fingerprint density at radius 2 is 1.75 bits per heavy atom. The van der Waals surface area contributed by atoms with Crippen molar-refractivity contribution in [1.29, 1.82) is 0 Å². The van der Waals surface area contributed by atoms with Gasteiger partial charge in [0, 0.05) is 11.6 Å². The van der Waals surface area contributed by atoms with E-state index in [-0.39, 0.29) is 11.6 Å². The molecule has 0 unspecified atom stereocenters. The lowest BCUT2D eigenvalue weighted by atomic mass is 10.1. The topological polar surface area (TPSA) is 53.1 Å². The largest absolute Gasteiger partial charge is 0.573 e. The molecule has 8 heteroatoms. The Morgan fingerprint density at radius 3 is 2.46 bits per heavy atom. The van der Waals surface area contributed by atoms with Crippen LogP contribution in [0.25, 0.3) is 16.9 Å². The predicted octanol–water partition coefficient (Wildman–Crippen LogP) is 4.16. The van der Waals surface area contributed by atoms with Crippen molar-refractivity contribution >= 4 is 5.82 Å². The SMILES string of the molecule is Nc1cc(-c2cccc(OC(F)(F)F)c2)n(-c2cccc(F)c2)n1. The van der Waals surface area contributed by atoms with Crippen LogP contribution in [0.4, 0.5) is 23.4 Å². The van der Waals surface area contributed by atoms with Gasteiger partial charge in [0.05, 0.1) is 11.4 Å². The van der Waals surface area contributed by atoms with Crippen molar-refractivity contribution in [3.05, 3.63) is 60.4 Å². The van der Waals surface area contributed by atoms with Crippen molar-refractivity contribution in [2.24, 2.45) is 0 Å². The summed E-state index contributed by atoms with van der Waals surface area (Å²) in [6, 6.07) is 12.5. The molecule has 24 heavy (non-hydrogen) atoms. The summed E-state index contributed by atoms with van der Waals surface area (Å²) in [6.45, 7) is 0. The molecule has 0 aliphatic carbocycles. The molecule has 3 rings (SSSR count). The molecular weight excluding hydrogens is 326 g/mol. The molecule has 0 aliphatic heterocycles. The van der Waals surface area contributed by atoms with E-state index in [1.807, 2.05) is 0 Å². The lowest BCUT2D eigenvalue weighted by molar-refractivity contribution is -0.274. The number of nitrogens with two attached hydrogens (primary N) is 1. The van der Waals surface area contributed by atoms with Crippen LogP contribution in [-0.2, 0) is 0 Å². The second kappa shape index (κ2) is 5.88. The minimum Gasteiger partial charge on any atom is -0.406 e. The van der Waals surface area contributed by atoms with Gasteiger partial charge in [-0.25, -0.2) is 9.07 Å². The number of aromatic nitrogens is 2. The number of nitrogen functional groups attached to an aromatic ring is 1. The monoisotopic (exact) mass is 337 g/mol. The lowest BCUT2D eigenvalue weighted by Crippen LogP contribution is -2.17. The number of rotatable bonds is 3. The maximum atomic E-state index is 13.4. The van der Waals surface area contributed by atoms with Crippen LogP contribution in [0.2, 0.25) is 0 Å². The van der Waals surface area contributed by atoms with Crippen LogP contribution in [0.15, 0.2) is 54.6 Å². The van der Waals surface area contributed by atoms with Crippen LogP contribution in [0.3, 0.4) is 0 Å². The second-order valence-electron chi connectivity index (χ2n) is 4.92. The Morgan fingerprint density at radius 1 is 1.00 bits per heavy atom. The highest BCUT2D eigenvalue weighted by atomic mass is 19.4. The van der Waals surface area contributed by atoms with Crippen molar-refractivity contribution in [2.75, 3.05) is 5.73 Å². The standard InChI is InChI=1S/C16H11F4N3O/c17-11-4-2-5-12(8-11)23-14(9-15(21)22-23)10-3-1-6-13(7-10)24-16(18,19)20/h1-9H,(H2,21,22). The summed E-state index contributed by atoms with van der Waals surface area (Å²) in [6.07, 6.45) is -4.79. The van der Waals surface area contributed by atoms with Crippen LogP contribution in [0.1, 0.15) is 0 Å². The average molecular weight is 337 g/mol. The molecule has 4 nitrogen and oxygen atoms in total. The third-order valence-electron chi connectivity index (χ3n) is 3.14. The smallest absolute Gasteiger partial charge is 0.406 e. The molecule has 1 heterocycles.